The number of hydrogen-bond acceptors (Lipinski definition) is 5. The maximum absolute atomic E-state index is 11.1. The van der Waals surface area contributed by atoms with Crippen LogP contribution in [0.2, 0.25) is 0 Å². The number of nitrogens with two attached hydrogens (primary N) is 2. The van der Waals surface area contributed by atoms with Crippen molar-refractivity contribution in [3.63, 3.8) is 0 Å². The number of primary sulfonamides is 1. The highest BCUT2D eigenvalue weighted by atomic mass is 32.2. The highest BCUT2D eigenvalue weighted by Gasteiger charge is 2.24. The maximum atomic E-state index is 11.1. The van der Waals surface area contributed by atoms with Gasteiger partial charge in [0.2, 0.25) is 10.0 Å². The largest absolute Gasteiger partial charge is 0.367 e. The molecule has 1 aliphatic rings. The maximum Gasteiger partial charge on any atom is 0.239 e. The zero-order valence-corrected chi connectivity index (χ0v) is 11.6. The molecule has 0 aliphatic heterocycles. The number of hydrogen-bond donors (Lipinski definition) is 3. The third kappa shape index (κ3) is 3.65. The number of aromatic nitrogens is 1. The Morgan fingerprint density at radius 2 is 2.05 bits per heavy atom. The lowest BCUT2D eigenvalue weighted by atomic mass is 9.84. The standard InChI is InChI=1S/C12H20N4O2S/c13-7-9-3-1-2-4-11(9)16-12-6-5-10(8-15-12)19(14,17)18/h5-6,8-9,11H,1-4,7,13H2,(H,15,16)(H2,14,17,18). The van der Waals surface area contributed by atoms with Gasteiger partial charge in [0.05, 0.1) is 0 Å². The molecule has 0 bridgehead atoms. The van der Waals surface area contributed by atoms with E-state index in [2.05, 4.69) is 10.3 Å². The van der Waals surface area contributed by atoms with Crippen LogP contribution in [0.25, 0.3) is 0 Å². The van der Waals surface area contributed by atoms with Crippen LogP contribution in [0.5, 0.6) is 0 Å². The molecule has 7 heteroatoms. The molecule has 0 saturated heterocycles. The molecule has 1 saturated carbocycles. The van der Waals surface area contributed by atoms with Crippen molar-refractivity contribution in [2.75, 3.05) is 11.9 Å². The Bertz CT molecular complexity index is 515. The van der Waals surface area contributed by atoms with E-state index < -0.39 is 10.0 Å². The summed E-state index contributed by atoms with van der Waals surface area (Å²) in [7, 11) is -3.68. The van der Waals surface area contributed by atoms with Crippen LogP contribution in [0.1, 0.15) is 25.7 Å². The second kappa shape index (κ2) is 5.85. The number of anilines is 1. The van der Waals surface area contributed by atoms with Crippen LogP contribution in [-0.2, 0) is 10.0 Å². The first-order chi connectivity index (χ1) is 9.00. The van der Waals surface area contributed by atoms with Crippen LogP contribution in [0.15, 0.2) is 23.2 Å². The van der Waals surface area contributed by atoms with Gasteiger partial charge in [-0.1, -0.05) is 12.8 Å². The zero-order valence-electron chi connectivity index (χ0n) is 10.7. The van der Waals surface area contributed by atoms with Gasteiger partial charge in [0.25, 0.3) is 0 Å². The van der Waals surface area contributed by atoms with Gasteiger partial charge in [-0.2, -0.15) is 0 Å². The Morgan fingerprint density at radius 3 is 2.63 bits per heavy atom. The molecule has 2 rings (SSSR count). The monoisotopic (exact) mass is 284 g/mol. The first-order valence-corrected chi connectivity index (χ1v) is 8.01. The van der Waals surface area contributed by atoms with Crippen molar-refractivity contribution < 1.29 is 8.42 Å². The summed E-state index contributed by atoms with van der Waals surface area (Å²) in [5.74, 6) is 1.12. The average molecular weight is 284 g/mol. The van der Waals surface area contributed by atoms with E-state index in [1.54, 1.807) is 6.07 Å². The van der Waals surface area contributed by atoms with Crippen LogP contribution < -0.4 is 16.2 Å². The number of sulfonamides is 1. The lowest BCUT2D eigenvalue weighted by Gasteiger charge is -2.31. The van der Waals surface area contributed by atoms with Gasteiger partial charge in [0.15, 0.2) is 0 Å². The molecule has 2 atom stereocenters. The third-order valence-electron chi connectivity index (χ3n) is 3.61. The molecule has 1 aromatic heterocycles. The molecule has 1 aliphatic carbocycles. The van der Waals surface area contributed by atoms with Gasteiger partial charge in [-0.15, -0.1) is 0 Å². The van der Waals surface area contributed by atoms with Gasteiger partial charge in [-0.25, -0.2) is 18.5 Å². The summed E-state index contributed by atoms with van der Waals surface area (Å²) < 4.78 is 22.3. The van der Waals surface area contributed by atoms with E-state index in [0.29, 0.717) is 24.3 Å². The molecule has 0 spiro atoms. The van der Waals surface area contributed by atoms with E-state index in [1.807, 2.05) is 0 Å². The summed E-state index contributed by atoms with van der Waals surface area (Å²) in [5.41, 5.74) is 5.77. The van der Waals surface area contributed by atoms with Crippen molar-refractivity contribution in [2.24, 2.45) is 16.8 Å². The molecule has 1 fully saturated rings. The van der Waals surface area contributed by atoms with Crippen molar-refractivity contribution in [3.05, 3.63) is 18.3 Å². The van der Waals surface area contributed by atoms with E-state index >= 15 is 0 Å². The van der Waals surface area contributed by atoms with Crippen molar-refractivity contribution in [3.8, 4) is 0 Å². The highest BCUT2D eigenvalue weighted by molar-refractivity contribution is 7.89. The zero-order chi connectivity index (χ0) is 13.9. The lowest BCUT2D eigenvalue weighted by Crippen LogP contribution is -2.36. The first kappa shape index (κ1) is 14.2. The molecular formula is C12H20N4O2S. The number of nitrogens with one attached hydrogen (secondary N) is 1. The van der Waals surface area contributed by atoms with Gasteiger partial charge in [0.1, 0.15) is 10.7 Å². The normalized spacial score (nSPS) is 24.1. The minimum Gasteiger partial charge on any atom is -0.367 e. The fourth-order valence-electron chi connectivity index (χ4n) is 2.50. The van der Waals surface area contributed by atoms with Gasteiger partial charge in [-0.3, -0.25) is 0 Å². The molecule has 0 amide bonds. The van der Waals surface area contributed by atoms with Gasteiger partial charge in [0, 0.05) is 12.2 Å². The SMILES string of the molecule is NCC1CCCCC1Nc1ccc(S(N)(=O)=O)cn1. The quantitative estimate of drug-likeness (QED) is 0.752. The van der Waals surface area contributed by atoms with Crippen molar-refractivity contribution in [1.82, 2.24) is 4.98 Å². The van der Waals surface area contributed by atoms with E-state index in [0.717, 1.165) is 12.8 Å². The van der Waals surface area contributed by atoms with Gasteiger partial charge >= 0.3 is 0 Å². The summed E-state index contributed by atoms with van der Waals surface area (Å²) in [6, 6.07) is 3.42. The summed E-state index contributed by atoms with van der Waals surface area (Å²) in [6.07, 6.45) is 5.88. The topological polar surface area (TPSA) is 111 Å². The first-order valence-electron chi connectivity index (χ1n) is 6.46. The molecule has 2 unspecified atom stereocenters. The van der Waals surface area contributed by atoms with Crippen molar-refractivity contribution in [1.29, 1.82) is 0 Å². The summed E-state index contributed by atoms with van der Waals surface area (Å²) in [4.78, 5) is 4.12. The van der Waals surface area contributed by atoms with E-state index in [4.69, 9.17) is 10.9 Å². The molecule has 0 aromatic carbocycles. The van der Waals surface area contributed by atoms with Crippen LogP contribution in [0.3, 0.4) is 0 Å². The smallest absolute Gasteiger partial charge is 0.239 e. The van der Waals surface area contributed by atoms with Crippen LogP contribution in [-0.4, -0.2) is 26.0 Å². The Kier molecular flexibility index (Phi) is 4.38. The van der Waals surface area contributed by atoms with Crippen molar-refractivity contribution >= 4 is 15.8 Å². The molecule has 1 heterocycles. The second-order valence-electron chi connectivity index (χ2n) is 4.96. The number of pyridine rings is 1. The molecule has 106 valence electrons. The average Bonchev–Trinajstić information content (AvgIpc) is 2.39. The Hall–Kier alpha value is -1.18. The summed E-state index contributed by atoms with van der Waals surface area (Å²) in [5, 5.41) is 8.36. The Morgan fingerprint density at radius 1 is 1.32 bits per heavy atom. The highest BCUT2D eigenvalue weighted by Crippen LogP contribution is 2.26. The Balaban J connectivity index is 2.06. The minimum atomic E-state index is -3.68. The lowest BCUT2D eigenvalue weighted by molar-refractivity contribution is 0.332. The molecule has 5 N–H and O–H groups in total. The summed E-state index contributed by atoms with van der Waals surface area (Å²) in [6.45, 7) is 0.660. The molecule has 6 nitrogen and oxygen atoms in total. The molecule has 19 heavy (non-hydrogen) atoms. The number of rotatable bonds is 4. The van der Waals surface area contributed by atoms with Gasteiger partial charge in [-0.05, 0) is 37.4 Å². The second-order valence-corrected chi connectivity index (χ2v) is 6.52. The van der Waals surface area contributed by atoms with Gasteiger partial charge < -0.3 is 11.1 Å². The molecule has 0 radical (unpaired) electrons. The number of nitrogens with zero attached hydrogens (tertiary/aromatic N) is 1. The van der Waals surface area contributed by atoms with Crippen LogP contribution >= 0.6 is 0 Å². The summed E-state index contributed by atoms with van der Waals surface area (Å²) >= 11 is 0. The van der Waals surface area contributed by atoms with Crippen molar-refractivity contribution in [2.45, 2.75) is 36.6 Å². The molecular weight excluding hydrogens is 264 g/mol. The van der Waals surface area contributed by atoms with E-state index in [9.17, 15) is 8.42 Å². The predicted octanol–water partition coefficient (Wildman–Crippen LogP) is 0.658. The van der Waals surface area contributed by atoms with E-state index in [-0.39, 0.29) is 4.90 Å². The fraction of sp³-hybridized carbons (Fsp3) is 0.583. The third-order valence-corrected chi connectivity index (χ3v) is 4.51. The predicted molar refractivity (Wildman–Crippen MR) is 74.0 cm³/mol. The minimum absolute atomic E-state index is 0.0251. The molecule has 1 aromatic rings. The van der Waals surface area contributed by atoms with E-state index in [1.165, 1.54) is 25.1 Å². The Labute approximate surface area is 113 Å². The van der Waals surface area contributed by atoms with Crippen LogP contribution in [0.4, 0.5) is 5.82 Å². The van der Waals surface area contributed by atoms with Crippen LogP contribution in [0, 0.1) is 5.92 Å². The fourth-order valence-corrected chi connectivity index (χ4v) is 2.96.